The van der Waals surface area contributed by atoms with Crippen LogP contribution in [0.25, 0.3) is 0 Å². The maximum absolute atomic E-state index is 5.99. The molecular weight excluding hydrogens is 291 g/mol. The molecule has 0 saturated carbocycles. The minimum Gasteiger partial charge on any atom is -0.379 e. The Kier molecular flexibility index (Phi) is 3.46. The molecule has 6 heteroatoms. The van der Waals surface area contributed by atoms with Gasteiger partial charge in [-0.2, -0.15) is 0 Å². The minimum absolute atomic E-state index is 0.668. The first-order chi connectivity index (χ1) is 7.66. The molecule has 84 valence electrons. The number of benzene rings is 1. The Labute approximate surface area is 107 Å². The summed E-state index contributed by atoms with van der Waals surface area (Å²) in [7, 11) is 1.86. The quantitative estimate of drug-likeness (QED) is 0.948. The average Bonchev–Trinajstić information content (AvgIpc) is 2.66. The van der Waals surface area contributed by atoms with E-state index in [1.54, 1.807) is 10.9 Å². The molecule has 16 heavy (non-hydrogen) atoms. The van der Waals surface area contributed by atoms with Crippen molar-refractivity contribution < 1.29 is 0 Å². The van der Waals surface area contributed by atoms with Gasteiger partial charge in [0.1, 0.15) is 0 Å². The Morgan fingerprint density at radius 2 is 2.31 bits per heavy atom. The zero-order valence-electron chi connectivity index (χ0n) is 8.61. The van der Waals surface area contributed by atoms with E-state index >= 15 is 0 Å². The van der Waals surface area contributed by atoms with Gasteiger partial charge in [0.05, 0.1) is 23.5 Å². The molecule has 4 nitrogen and oxygen atoms in total. The number of hydrogen-bond donors (Lipinski definition) is 1. The molecule has 0 aliphatic carbocycles. The Morgan fingerprint density at radius 1 is 1.50 bits per heavy atom. The van der Waals surface area contributed by atoms with Crippen molar-refractivity contribution in [2.75, 3.05) is 5.32 Å². The molecule has 1 heterocycles. The molecule has 0 spiro atoms. The van der Waals surface area contributed by atoms with E-state index in [-0.39, 0.29) is 0 Å². The lowest BCUT2D eigenvalue weighted by molar-refractivity contribution is 0.683. The van der Waals surface area contributed by atoms with E-state index < -0.39 is 0 Å². The van der Waals surface area contributed by atoms with Crippen LogP contribution < -0.4 is 5.32 Å². The van der Waals surface area contributed by atoms with Crippen molar-refractivity contribution >= 4 is 33.2 Å². The van der Waals surface area contributed by atoms with Crippen LogP contribution in [-0.4, -0.2) is 15.0 Å². The fourth-order valence-electron chi connectivity index (χ4n) is 1.27. The fourth-order valence-corrected chi connectivity index (χ4v) is 1.70. The number of aromatic nitrogens is 3. The summed E-state index contributed by atoms with van der Waals surface area (Å²) >= 11 is 9.34. The van der Waals surface area contributed by atoms with Crippen molar-refractivity contribution in [2.45, 2.75) is 6.54 Å². The summed E-state index contributed by atoms with van der Waals surface area (Å²) in [6, 6.07) is 5.74. The standard InChI is InChI=1S/C10H10BrClN4/c1-16-8(6-14-15-16)5-13-7-2-3-9(11)10(12)4-7/h2-4,6,13H,5H2,1H3. The lowest BCUT2D eigenvalue weighted by atomic mass is 10.3. The first kappa shape index (κ1) is 11.4. The van der Waals surface area contributed by atoms with Gasteiger partial charge in [0, 0.05) is 17.2 Å². The Bertz CT molecular complexity index is 497. The largest absolute Gasteiger partial charge is 0.379 e. The van der Waals surface area contributed by atoms with E-state index in [0.29, 0.717) is 11.6 Å². The highest BCUT2D eigenvalue weighted by molar-refractivity contribution is 9.10. The molecule has 0 fully saturated rings. The van der Waals surface area contributed by atoms with E-state index in [0.717, 1.165) is 15.9 Å². The summed E-state index contributed by atoms with van der Waals surface area (Å²) in [4.78, 5) is 0. The van der Waals surface area contributed by atoms with Crippen LogP contribution >= 0.6 is 27.5 Å². The molecule has 1 aromatic carbocycles. The van der Waals surface area contributed by atoms with Crippen molar-refractivity contribution in [1.29, 1.82) is 0 Å². The number of aryl methyl sites for hydroxylation is 1. The van der Waals surface area contributed by atoms with Crippen LogP contribution in [0.15, 0.2) is 28.9 Å². The maximum atomic E-state index is 5.99. The molecule has 0 atom stereocenters. The molecule has 0 aliphatic heterocycles. The number of nitrogens with one attached hydrogen (secondary N) is 1. The normalized spacial score (nSPS) is 10.4. The van der Waals surface area contributed by atoms with Crippen molar-refractivity contribution in [3.05, 3.63) is 39.6 Å². The Balaban J connectivity index is 2.05. The smallest absolute Gasteiger partial charge is 0.0774 e. The first-order valence-corrected chi connectivity index (χ1v) is 5.86. The summed E-state index contributed by atoms with van der Waals surface area (Å²) in [5.74, 6) is 0. The molecule has 2 rings (SSSR count). The van der Waals surface area contributed by atoms with Crippen LogP contribution in [0.3, 0.4) is 0 Å². The number of halogens is 2. The molecule has 0 aliphatic rings. The number of rotatable bonds is 3. The van der Waals surface area contributed by atoms with Crippen LogP contribution in [0.2, 0.25) is 5.02 Å². The summed E-state index contributed by atoms with van der Waals surface area (Å²) in [6.45, 7) is 0.668. The van der Waals surface area contributed by atoms with Gasteiger partial charge in [-0.05, 0) is 34.1 Å². The number of nitrogens with zero attached hydrogens (tertiary/aromatic N) is 3. The molecule has 1 aromatic heterocycles. The van der Waals surface area contributed by atoms with Gasteiger partial charge in [0.2, 0.25) is 0 Å². The van der Waals surface area contributed by atoms with Gasteiger partial charge in [-0.25, -0.2) is 0 Å². The highest BCUT2D eigenvalue weighted by Gasteiger charge is 2.01. The molecule has 1 N–H and O–H groups in total. The topological polar surface area (TPSA) is 42.7 Å². The Hall–Kier alpha value is -1.07. The maximum Gasteiger partial charge on any atom is 0.0774 e. The highest BCUT2D eigenvalue weighted by Crippen LogP contribution is 2.25. The third-order valence-corrected chi connectivity index (χ3v) is 3.43. The van der Waals surface area contributed by atoms with E-state index in [4.69, 9.17) is 11.6 Å². The van der Waals surface area contributed by atoms with Crippen LogP contribution in [0.5, 0.6) is 0 Å². The first-order valence-electron chi connectivity index (χ1n) is 4.69. The lowest BCUT2D eigenvalue weighted by Gasteiger charge is -2.07. The van der Waals surface area contributed by atoms with Crippen LogP contribution in [0.1, 0.15) is 5.69 Å². The summed E-state index contributed by atoms with van der Waals surface area (Å²) in [6.07, 6.45) is 1.73. The van der Waals surface area contributed by atoms with Crippen molar-refractivity contribution in [2.24, 2.45) is 7.05 Å². The van der Waals surface area contributed by atoms with Gasteiger partial charge >= 0.3 is 0 Å². The summed E-state index contributed by atoms with van der Waals surface area (Å²) in [5.41, 5.74) is 1.98. The summed E-state index contributed by atoms with van der Waals surface area (Å²) < 4.78 is 2.62. The van der Waals surface area contributed by atoms with Gasteiger partial charge in [0.15, 0.2) is 0 Å². The van der Waals surface area contributed by atoms with Gasteiger partial charge in [-0.15, -0.1) is 5.10 Å². The molecular formula is C10H10BrClN4. The molecule has 0 unspecified atom stereocenters. The second-order valence-corrected chi connectivity index (χ2v) is 4.59. The fraction of sp³-hybridized carbons (Fsp3) is 0.200. The van der Waals surface area contributed by atoms with Crippen LogP contribution in [0.4, 0.5) is 5.69 Å². The van der Waals surface area contributed by atoms with Gasteiger partial charge in [0.25, 0.3) is 0 Å². The molecule has 0 bridgehead atoms. The van der Waals surface area contributed by atoms with Gasteiger partial charge in [-0.1, -0.05) is 16.8 Å². The van der Waals surface area contributed by atoms with Crippen molar-refractivity contribution in [3.8, 4) is 0 Å². The third kappa shape index (κ3) is 2.54. The van der Waals surface area contributed by atoms with Crippen LogP contribution in [0, 0.1) is 0 Å². The monoisotopic (exact) mass is 300 g/mol. The predicted octanol–water partition coefficient (Wildman–Crippen LogP) is 2.84. The van der Waals surface area contributed by atoms with E-state index in [9.17, 15) is 0 Å². The predicted molar refractivity (Wildman–Crippen MR) is 67.5 cm³/mol. The minimum atomic E-state index is 0.668. The summed E-state index contributed by atoms with van der Waals surface area (Å²) in [5, 5.41) is 11.6. The van der Waals surface area contributed by atoms with E-state index in [2.05, 4.69) is 31.6 Å². The molecule has 2 aromatic rings. The number of anilines is 1. The zero-order valence-corrected chi connectivity index (χ0v) is 11.0. The van der Waals surface area contributed by atoms with Crippen molar-refractivity contribution in [3.63, 3.8) is 0 Å². The second-order valence-electron chi connectivity index (χ2n) is 3.33. The molecule has 0 amide bonds. The number of hydrogen-bond acceptors (Lipinski definition) is 3. The Morgan fingerprint density at radius 3 is 2.94 bits per heavy atom. The zero-order chi connectivity index (χ0) is 11.5. The third-order valence-electron chi connectivity index (χ3n) is 2.20. The lowest BCUT2D eigenvalue weighted by Crippen LogP contribution is -2.05. The van der Waals surface area contributed by atoms with E-state index in [1.165, 1.54) is 0 Å². The van der Waals surface area contributed by atoms with Crippen LogP contribution in [-0.2, 0) is 13.6 Å². The SMILES string of the molecule is Cn1nncc1CNc1ccc(Br)c(Cl)c1. The van der Waals surface area contributed by atoms with Gasteiger partial charge < -0.3 is 5.32 Å². The second kappa shape index (κ2) is 4.84. The average molecular weight is 302 g/mol. The highest BCUT2D eigenvalue weighted by atomic mass is 79.9. The molecule has 0 radical (unpaired) electrons. The van der Waals surface area contributed by atoms with Gasteiger partial charge in [-0.3, -0.25) is 4.68 Å². The molecule has 0 saturated heterocycles. The van der Waals surface area contributed by atoms with E-state index in [1.807, 2.05) is 25.2 Å². The van der Waals surface area contributed by atoms with Crippen molar-refractivity contribution in [1.82, 2.24) is 15.0 Å².